The molecule has 0 unspecified atom stereocenters. The Morgan fingerprint density at radius 3 is 2.49 bits per heavy atom. The zero-order valence-electron chi connectivity index (χ0n) is 19.9. The molecule has 1 amide bonds. The predicted octanol–water partition coefficient (Wildman–Crippen LogP) is 5.05. The highest BCUT2D eigenvalue weighted by atomic mass is 35.5. The number of nitrogens with one attached hydrogen (secondary N) is 2. The molecule has 198 valence electrons. The lowest BCUT2D eigenvalue weighted by Gasteiger charge is -2.29. The molecule has 3 aromatic rings. The minimum Gasteiger partial charge on any atom is -0.381 e. The molecule has 1 saturated heterocycles. The van der Waals surface area contributed by atoms with Gasteiger partial charge in [-0.15, -0.1) is 0 Å². The van der Waals surface area contributed by atoms with Gasteiger partial charge in [-0.05, 0) is 56.7 Å². The van der Waals surface area contributed by atoms with Gasteiger partial charge >= 0.3 is 6.18 Å². The first-order valence-electron chi connectivity index (χ1n) is 12.2. The van der Waals surface area contributed by atoms with E-state index in [9.17, 15) is 18.0 Å². The minimum atomic E-state index is -4.50. The van der Waals surface area contributed by atoms with Crippen LogP contribution in [0.2, 0.25) is 5.02 Å². The highest BCUT2D eigenvalue weighted by Crippen LogP contribution is 2.39. The van der Waals surface area contributed by atoms with Gasteiger partial charge in [0.2, 0.25) is 17.8 Å². The van der Waals surface area contributed by atoms with E-state index >= 15 is 0 Å². The number of fused-ring (bicyclic) bond motifs is 1. The number of nitrogens with zero attached hydrogens (tertiary/aromatic N) is 4. The number of hydrogen-bond acceptors (Lipinski definition) is 7. The molecule has 1 aliphatic carbocycles. The van der Waals surface area contributed by atoms with Crippen LogP contribution in [0.3, 0.4) is 0 Å². The van der Waals surface area contributed by atoms with Crippen molar-refractivity contribution in [3.8, 4) is 0 Å². The average Bonchev–Trinajstić information content (AvgIpc) is 3.22. The number of benzene rings is 1. The van der Waals surface area contributed by atoms with Crippen molar-refractivity contribution in [3.05, 3.63) is 35.0 Å². The Balaban J connectivity index is 1.49. The van der Waals surface area contributed by atoms with E-state index in [4.69, 9.17) is 27.1 Å². The first-order chi connectivity index (χ1) is 17.7. The highest BCUT2D eigenvalue weighted by Gasteiger charge is 2.32. The van der Waals surface area contributed by atoms with E-state index in [1.54, 1.807) is 6.20 Å². The number of nitrogens with two attached hydrogens (primary N) is 1. The molecule has 3 heterocycles. The molecule has 2 aliphatic rings. The monoisotopic (exact) mass is 537 g/mol. The van der Waals surface area contributed by atoms with Gasteiger partial charge in [-0.2, -0.15) is 18.2 Å². The molecular formula is C24H27ClF3N7O2. The largest absolute Gasteiger partial charge is 0.416 e. The van der Waals surface area contributed by atoms with Crippen LogP contribution in [0.5, 0.6) is 0 Å². The summed E-state index contributed by atoms with van der Waals surface area (Å²) < 4.78 is 46.7. The second-order valence-corrected chi connectivity index (χ2v) is 9.87. The summed E-state index contributed by atoms with van der Waals surface area (Å²) in [5.74, 6) is 0.350. The Morgan fingerprint density at radius 2 is 1.84 bits per heavy atom. The number of ether oxygens (including phenoxy) is 1. The van der Waals surface area contributed by atoms with Gasteiger partial charge < -0.3 is 21.1 Å². The first-order valence-corrected chi connectivity index (χ1v) is 12.6. The van der Waals surface area contributed by atoms with Crippen molar-refractivity contribution in [2.75, 3.05) is 23.8 Å². The number of carbonyl (C=O) groups excluding carboxylic acids is 1. The molecule has 37 heavy (non-hydrogen) atoms. The number of halogens is 4. The number of carbonyl (C=O) groups is 1. The summed E-state index contributed by atoms with van der Waals surface area (Å²) >= 11 is 6.21. The summed E-state index contributed by atoms with van der Waals surface area (Å²) in [6.45, 7) is 1.34. The molecule has 4 N–H and O–H groups in total. The van der Waals surface area contributed by atoms with Crippen LogP contribution in [0.15, 0.2) is 24.4 Å². The van der Waals surface area contributed by atoms with Gasteiger partial charge in [-0.1, -0.05) is 11.6 Å². The highest BCUT2D eigenvalue weighted by molar-refractivity contribution is 6.33. The van der Waals surface area contributed by atoms with Crippen LogP contribution in [0.4, 0.5) is 30.8 Å². The minimum absolute atomic E-state index is 0.0536. The van der Waals surface area contributed by atoms with Gasteiger partial charge in [-0.25, -0.2) is 9.97 Å². The summed E-state index contributed by atoms with van der Waals surface area (Å²) in [4.78, 5) is 25.5. The molecule has 5 rings (SSSR count). The lowest BCUT2D eigenvalue weighted by Crippen LogP contribution is -2.29. The molecule has 2 fully saturated rings. The average molecular weight is 538 g/mol. The molecule has 1 aliphatic heterocycles. The smallest absolute Gasteiger partial charge is 0.381 e. The van der Waals surface area contributed by atoms with Gasteiger partial charge in [-0.3, -0.25) is 9.36 Å². The number of alkyl halides is 3. The number of rotatable bonds is 6. The Labute approximate surface area is 215 Å². The van der Waals surface area contributed by atoms with Gasteiger partial charge in [0, 0.05) is 31.2 Å². The van der Waals surface area contributed by atoms with Crippen LogP contribution in [-0.4, -0.2) is 44.7 Å². The molecule has 9 nitrogen and oxygen atoms in total. The van der Waals surface area contributed by atoms with Gasteiger partial charge in [0.1, 0.15) is 5.52 Å². The topological polar surface area (TPSA) is 120 Å². The van der Waals surface area contributed by atoms with Crippen molar-refractivity contribution in [2.24, 2.45) is 11.7 Å². The lowest BCUT2D eigenvalue weighted by molar-refractivity contribution is -0.137. The van der Waals surface area contributed by atoms with Crippen LogP contribution in [0.25, 0.3) is 11.2 Å². The second-order valence-electron chi connectivity index (χ2n) is 9.46. The van der Waals surface area contributed by atoms with E-state index in [2.05, 4.69) is 20.6 Å². The number of imidazole rings is 1. The predicted molar refractivity (Wildman–Crippen MR) is 133 cm³/mol. The third-order valence-corrected chi connectivity index (χ3v) is 7.31. The SMILES string of the molecule is NC(=O)C1CCC(n2c(Nc3ccc(C(F)(F)F)cc3Cl)nc3cnc(NC4CCOCC4)nc32)CC1. The molecule has 2 aromatic heterocycles. The maximum Gasteiger partial charge on any atom is 0.416 e. The lowest BCUT2D eigenvalue weighted by atomic mass is 9.85. The number of aromatic nitrogens is 4. The van der Waals surface area contributed by atoms with E-state index < -0.39 is 11.7 Å². The van der Waals surface area contributed by atoms with Gasteiger partial charge in [0.15, 0.2) is 5.65 Å². The zero-order chi connectivity index (χ0) is 26.2. The molecule has 1 saturated carbocycles. The van der Waals surface area contributed by atoms with Crippen LogP contribution in [0.1, 0.15) is 50.1 Å². The molecule has 0 bridgehead atoms. The second kappa shape index (κ2) is 10.3. The fourth-order valence-electron chi connectivity index (χ4n) is 4.95. The summed E-state index contributed by atoms with van der Waals surface area (Å²) in [6, 6.07) is 3.27. The van der Waals surface area contributed by atoms with Crippen molar-refractivity contribution in [1.82, 2.24) is 19.5 Å². The summed E-state index contributed by atoms with van der Waals surface area (Å²) in [6.07, 6.45) is 1.39. The summed E-state index contributed by atoms with van der Waals surface area (Å²) in [7, 11) is 0. The van der Waals surface area contributed by atoms with E-state index in [1.165, 1.54) is 6.07 Å². The van der Waals surface area contributed by atoms with Crippen LogP contribution < -0.4 is 16.4 Å². The first kappa shape index (κ1) is 25.5. The normalized spacial score (nSPS) is 21.2. The van der Waals surface area contributed by atoms with E-state index in [0.717, 1.165) is 25.0 Å². The van der Waals surface area contributed by atoms with Gasteiger partial charge in [0.25, 0.3) is 0 Å². The van der Waals surface area contributed by atoms with Crippen molar-refractivity contribution in [1.29, 1.82) is 0 Å². The number of hydrogen-bond donors (Lipinski definition) is 3. The third-order valence-electron chi connectivity index (χ3n) is 6.99. The Morgan fingerprint density at radius 1 is 1.11 bits per heavy atom. The molecular weight excluding hydrogens is 511 g/mol. The van der Waals surface area contributed by atoms with E-state index in [-0.39, 0.29) is 34.6 Å². The zero-order valence-corrected chi connectivity index (χ0v) is 20.6. The van der Waals surface area contributed by atoms with Crippen molar-refractivity contribution >= 4 is 46.3 Å². The number of anilines is 3. The molecule has 13 heteroatoms. The summed E-state index contributed by atoms with van der Waals surface area (Å²) in [5.41, 5.74) is 6.07. The van der Waals surface area contributed by atoms with Crippen molar-refractivity contribution < 1.29 is 22.7 Å². The quantitative estimate of drug-likeness (QED) is 0.402. The molecule has 0 spiro atoms. The van der Waals surface area contributed by atoms with E-state index in [1.807, 2.05) is 4.57 Å². The number of amides is 1. The van der Waals surface area contributed by atoms with E-state index in [0.29, 0.717) is 62.0 Å². The van der Waals surface area contributed by atoms with Crippen LogP contribution >= 0.6 is 11.6 Å². The maximum absolute atomic E-state index is 13.1. The Hall–Kier alpha value is -3.12. The summed E-state index contributed by atoms with van der Waals surface area (Å²) in [5, 5.41) is 6.37. The molecule has 0 atom stereocenters. The maximum atomic E-state index is 13.1. The Kier molecular flexibility index (Phi) is 7.13. The third kappa shape index (κ3) is 5.59. The Bertz CT molecular complexity index is 1290. The van der Waals surface area contributed by atoms with Crippen LogP contribution in [-0.2, 0) is 15.7 Å². The fraction of sp³-hybridized carbons (Fsp3) is 0.500. The van der Waals surface area contributed by atoms with Crippen molar-refractivity contribution in [3.63, 3.8) is 0 Å². The standard InChI is InChI=1S/C24H27ClF3N7O2/c25-17-11-14(24(26,27)28)3-6-18(17)32-23-33-19-12-30-22(31-15-7-9-37-10-8-15)34-21(19)35(23)16-4-1-13(2-5-16)20(29)36/h3,6,11-13,15-16H,1-2,4-5,7-10H2,(H2,29,36)(H,32,33)(H,30,31,34). The number of primary amides is 1. The fourth-order valence-corrected chi connectivity index (χ4v) is 5.18. The van der Waals surface area contributed by atoms with Gasteiger partial charge in [0.05, 0.1) is 22.5 Å². The van der Waals surface area contributed by atoms with Crippen molar-refractivity contribution in [2.45, 2.75) is 56.8 Å². The van der Waals surface area contributed by atoms with Crippen LogP contribution in [0, 0.1) is 5.92 Å². The molecule has 1 aromatic carbocycles. The molecule has 0 radical (unpaired) electrons.